The Kier molecular flexibility index (Phi) is 11.0. The van der Waals surface area contributed by atoms with E-state index in [9.17, 15) is 19.5 Å². The highest BCUT2D eigenvalue weighted by Crippen LogP contribution is 2.24. The van der Waals surface area contributed by atoms with Crippen LogP contribution in [0.4, 0.5) is 4.79 Å². The molecule has 0 aliphatic carbocycles. The molecule has 3 amide bonds. The highest BCUT2D eigenvalue weighted by molar-refractivity contribution is 5.90. The number of ether oxygens (including phenoxy) is 1. The number of nitrogens with one attached hydrogen (secondary N) is 2. The van der Waals surface area contributed by atoms with Gasteiger partial charge in [0.05, 0.1) is 6.61 Å². The standard InChI is InChI=1S/C23H37N3O5/c1-6-7-10-13-24-21(29)20(18-12-9-8-11-17(18)2)26(14-15-27)19(28)16-25-22(30)31-23(3,4)5/h8-9,11-12,20,27H,6-7,10,13-16H2,1-5H3,(H,24,29)(H,25,30). The molecule has 0 saturated heterocycles. The van der Waals surface area contributed by atoms with Crippen LogP contribution in [0.3, 0.4) is 0 Å². The number of alkyl carbamates (subject to hydrolysis) is 1. The Balaban J connectivity index is 3.06. The predicted octanol–water partition coefficient (Wildman–Crippen LogP) is 2.69. The number of aliphatic hydroxyl groups excluding tert-OH is 1. The van der Waals surface area contributed by atoms with E-state index >= 15 is 0 Å². The zero-order valence-electron chi connectivity index (χ0n) is 19.4. The van der Waals surface area contributed by atoms with E-state index in [1.165, 1.54) is 4.90 Å². The third kappa shape index (κ3) is 9.38. The summed E-state index contributed by atoms with van der Waals surface area (Å²) in [4.78, 5) is 39.3. The fraction of sp³-hybridized carbons (Fsp3) is 0.609. The van der Waals surface area contributed by atoms with Crippen molar-refractivity contribution in [3.8, 4) is 0 Å². The topological polar surface area (TPSA) is 108 Å². The zero-order chi connectivity index (χ0) is 23.4. The first kappa shape index (κ1) is 26.4. The van der Waals surface area contributed by atoms with Gasteiger partial charge in [0, 0.05) is 13.1 Å². The highest BCUT2D eigenvalue weighted by Gasteiger charge is 2.32. The van der Waals surface area contributed by atoms with Crippen molar-refractivity contribution in [3.63, 3.8) is 0 Å². The van der Waals surface area contributed by atoms with Crippen LogP contribution in [0, 0.1) is 6.92 Å². The molecule has 8 nitrogen and oxygen atoms in total. The van der Waals surface area contributed by atoms with E-state index < -0.39 is 23.6 Å². The van der Waals surface area contributed by atoms with Crippen LogP contribution in [0.15, 0.2) is 24.3 Å². The summed E-state index contributed by atoms with van der Waals surface area (Å²) in [5.41, 5.74) is 0.835. The van der Waals surface area contributed by atoms with Crippen molar-refractivity contribution < 1.29 is 24.2 Å². The Morgan fingerprint density at radius 2 is 1.81 bits per heavy atom. The van der Waals surface area contributed by atoms with E-state index in [2.05, 4.69) is 17.6 Å². The van der Waals surface area contributed by atoms with Crippen LogP contribution in [-0.2, 0) is 14.3 Å². The Labute approximate surface area is 185 Å². The molecule has 0 bridgehead atoms. The SMILES string of the molecule is CCCCCNC(=O)C(c1ccccc1C)N(CCO)C(=O)CNC(=O)OC(C)(C)C. The summed E-state index contributed by atoms with van der Waals surface area (Å²) in [5.74, 6) is -0.804. The minimum Gasteiger partial charge on any atom is -0.444 e. The van der Waals surface area contributed by atoms with Crippen molar-refractivity contribution in [3.05, 3.63) is 35.4 Å². The summed E-state index contributed by atoms with van der Waals surface area (Å²) < 4.78 is 5.17. The van der Waals surface area contributed by atoms with Gasteiger partial charge in [-0.05, 0) is 45.2 Å². The van der Waals surface area contributed by atoms with Gasteiger partial charge < -0.3 is 25.4 Å². The first-order valence-corrected chi connectivity index (χ1v) is 10.8. The minimum absolute atomic E-state index is 0.0454. The highest BCUT2D eigenvalue weighted by atomic mass is 16.6. The van der Waals surface area contributed by atoms with Crippen LogP contribution in [0.1, 0.15) is 64.1 Å². The molecule has 0 saturated carbocycles. The molecule has 0 heterocycles. The van der Waals surface area contributed by atoms with Crippen LogP contribution < -0.4 is 10.6 Å². The lowest BCUT2D eigenvalue weighted by Gasteiger charge is -2.32. The number of carbonyl (C=O) groups excluding carboxylic acids is 3. The summed E-state index contributed by atoms with van der Waals surface area (Å²) in [7, 11) is 0. The van der Waals surface area contributed by atoms with Gasteiger partial charge in [0.25, 0.3) is 0 Å². The second-order valence-electron chi connectivity index (χ2n) is 8.42. The Morgan fingerprint density at radius 1 is 1.13 bits per heavy atom. The van der Waals surface area contributed by atoms with E-state index in [4.69, 9.17) is 4.74 Å². The minimum atomic E-state index is -0.914. The number of nitrogens with zero attached hydrogens (tertiary/aromatic N) is 1. The number of rotatable bonds is 11. The number of aliphatic hydroxyl groups is 1. The smallest absolute Gasteiger partial charge is 0.408 e. The van der Waals surface area contributed by atoms with E-state index in [1.54, 1.807) is 32.9 Å². The van der Waals surface area contributed by atoms with Gasteiger partial charge in [-0.25, -0.2) is 4.79 Å². The molecule has 3 N–H and O–H groups in total. The number of unbranched alkanes of at least 4 members (excludes halogenated alkanes) is 2. The maximum absolute atomic E-state index is 13.1. The summed E-state index contributed by atoms with van der Waals surface area (Å²) in [6.45, 7) is 8.92. The number of aryl methyl sites for hydroxylation is 1. The van der Waals surface area contributed by atoms with E-state index in [0.29, 0.717) is 12.1 Å². The molecular formula is C23H37N3O5. The molecule has 0 spiro atoms. The summed E-state index contributed by atoms with van der Waals surface area (Å²) in [5, 5.41) is 14.9. The van der Waals surface area contributed by atoms with E-state index in [1.807, 2.05) is 19.1 Å². The van der Waals surface area contributed by atoms with Crippen molar-refractivity contribution in [1.29, 1.82) is 0 Å². The average Bonchev–Trinajstić information content (AvgIpc) is 2.69. The summed E-state index contributed by atoms with van der Waals surface area (Å²) in [6, 6.07) is 6.41. The van der Waals surface area contributed by atoms with Crippen LogP contribution in [-0.4, -0.2) is 59.8 Å². The normalized spacial score (nSPS) is 12.1. The van der Waals surface area contributed by atoms with Crippen molar-refractivity contribution in [2.24, 2.45) is 0 Å². The molecule has 8 heteroatoms. The largest absolute Gasteiger partial charge is 0.444 e. The molecular weight excluding hydrogens is 398 g/mol. The molecule has 174 valence electrons. The van der Waals surface area contributed by atoms with Crippen molar-refractivity contribution >= 4 is 17.9 Å². The maximum Gasteiger partial charge on any atom is 0.408 e. The number of hydrogen-bond acceptors (Lipinski definition) is 5. The van der Waals surface area contributed by atoms with Crippen LogP contribution in [0.5, 0.6) is 0 Å². The molecule has 0 aromatic heterocycles. The fourth-order valence-electron chi connectivity index (χ4n) is 3.10. The summed E-state index contributed by atoms with van der Waals surface area (Å²) >= 11 is 0. The van der Waals surface area contributed by atoms with Crippen molar-refractivity contribution in [2.75, 3.05) is 26.2 Å². The third-order valence-electron chi connectivity index (χ3n) is 4.57. The number of hydrogen-bond donors (Lipinski definition) is 3. The predicted molar refractivity (Wildman–Crippen MR) is 119 cm³/mol. The second kappa shape index (κ2) is 12.9. The van der Waals surface area contributed by atoms with Gasteiger partial charge in [-0.1, -0.05) is 44.0 Å². The fourth-order valence-corrected chi connectivity index (χ4v) is 3.10. The monoisotopic (exact) mass is 435 g/mol. The summed E-state index contributed by atoms with van der Waals surface area (Å²) in [6.07, 6.45) is 2.15. The second-order valence-corrected chi connectivity index (χ2v) is 8.42. The first-order valence-electron chi connectivity index (χ1n) is 10.8. The number of carbonyl (C=O) groups is 3. The van der Waals surface area contributed by atoms with Gasteiger partial charge >= 0.3 is 6.09 Å². The molecule has 31 heavy (non-hydrogen) atoms. The Hall–Kier alpha value is -2.61. The van der Waals surface area contributed by atoms with Gasteiger partial charge in [0.2, 0.25) is 11.8 Å². The van der Waals surface area contributed by atoms with Crippen molar-refractivity contribution in [2.45, 2.75) is 65.5 Å². The van der Waals surface area contributed by atoms with E-state index in [-0.39, 0.29) is 25.6 Å². The molecule has 1 aromatic carbocycles. The van der Waals surface area contributed by atoms with Gasteiger partial charge in [-0.3, -0.25) is 9.59 Å². The lowest BCUT2D eigenvalue weighted by Crippen LogP contribution is -2.49. The van der Waals surface area contributed by atoms with E-state index in [0.717, 1.165) is 24.8 Å². The van der Waals surface area contributed by atoms with Gasteiger partial charge in [0.1, 0.15) is 18.2 Å². The quantitative estimate of drug-likeness (QED) is 0.463. The van der Waals surface area contributed by atoms with Crippen LogP contribution in [0.25, 0.3) is 0 Å². The molecule has 0 fully saturated rings. The van der Waals surface area contributed by atoms with Crippen LogP contribution in [0.2, 0.25) is 0 Å². The molecule has 0 radical (unpaired) electrons. The van der Waals surface area contributed by atoms with Crippen LogP contribution >= 0.6 is 0 Å². The lowest BCUT2D eigenvalue weighted by molar-refractivity contribution is -0.140. The molecule has 0 aliphatic rings. The third-order valence-corrected chi connectivity index (χ3v) is 4.57. The Morgan fingerprint density at radius 3 is 2.39 bits per heavy atom. The van der Waals surface area contributed by atoms with Crippen molar-refractivity contribution in [1.82, 2.24) is 15.5 Å². The van der Waals surface area contributed by atoms with Gasteiger partial charge in [0.15, 0.2) is 0 Å². The Bertz CT molecular complexity index is 730. The zero-order valence-corrected chi connectivity index (χ0v) is 19.4. The van der Waals surface area contributed by atoms with Gasteiger partial charge in [-0.15, -0.1) is 0 Å². The van der Waals surface area contributed by atoms with Gasteiger partial charge in [-0.2, -0.15) is 0 Å². The molecule has 0 aliphatic heterocycles. The number of benzene rings is 1. The molecule has 1 unspecified atom stereocenters. The first-order chi connectivity index (χ1) is 14.6. The average molecular weight is 436 g/mol. The maximum atomic E-state index is 13.1. The molecule has 1 aromatic rings. The molecule has 1 rings (SSSR count). The number of amides is 3. The lowest BCUT2D eigenvalue weighted by atomic mass is 9.98. The molecule has 1 atom stereocenters.